The van der Waals surface area contributed by atoms with Gasteiger partial charge in [-0.15, -0.1) is 0 Å². The molecule has 1 atom stereocenters. The van der Waals surface area contributed by atoms with E-state index in [2.05, 4.69) is 16.8 Å². The predicted octanol–water partition coefficient (Wildman–Crippen LogP) is 1.87. The first-order chi connectivity index (χ1) is 8.25. The van der Waals surface area contributed by atoms with Crippen molar-refractivity contribution >= 4 is 5.91 Å². The van der Waals surface area contributed by atoms with Crippen LogP contribution in [0.5, 0.6) is 0 Å². The van der Waals surface area contributed by atoms with Crippen LogP contribution in [0.3, 0.4) is 0 Å². The van der Waals surface area contributed by atoms with Gasteiger partial charge >= 0.3 is 0 Å². The highest BCUT2D eigenvalue weighted by Gasteiger charge is 2.39. The quantitative estimate of drug-likeness (QED) is 0.694. The minimum atomic E-state index is 0.183. The third kappa shape index (κ3) is 2.10. The number of hydrogen-bond acceptors (Lipinski definition) is 2. The second-order valence-electron chi connectivity index (χ2n) is 6.16. The lowest BCUT2D eigenvalue weighted by Crippen LogP contribution is -2.57. The zero-order valence-corrected chi connectivity index (χ0v) is 10.9. The molecule has 1 aliphatic carbocycles. The van der Waals surface area contributed by atoms with Crippen molar-refractivity contribution in [2.24, 2.45) is 5.92 Å². The molecule has 0 aromatic carbocycles. The van der Waals surface area contributed by atoms with Gasteiger partial charge in [0.15, 0.2) is 0 Å². The predicted molar refractivity (Wildman–Crippen MR) is 67.7 cm³/mol. The van der Waals surface area contributed by atoms with Gasteiger partial charge in [-0.25, -0.2) is 0 Å². The fraction of sp³-hybridized carbons (Fsp3) is 0.929. The standard InChI is InChI=1S/C14H24N2O/c1-15-9-3-2-4-13(15)14(17)16-10-11-5-7-12(16)8-6-11/h11-13H,2-10H2,1H3/t11?,12?,13-/m0/s1. The Bertz CT molecular complexity index is 297. The highest BCUT2D eigenvalue weighted by Crippen LogP contribution is 2.35. The fourth-order valence-corrected chi connectivity index (χ4v) is 3.91. The maximum Gasteiger partial charge on any atom is 0.240 e. The van der Waals surface area contributed by atoms with Crippen LogP contribution in [0.4, 0.5) is 0 Å². The van der Waals surface area contributed by atoms with E-state index >= 15 is 0 Å². The van der Waals surface area contributed by atoms with Crippen LogP contribution in [-0.2, 0) is 4.79 Å². The zero-order valence-electron chi connectivity index (χ0n) is 10.9. The lowest BCUT2D eigenvalue weighted by Gasteiger charge is -2.47. The third-order valence-electron chi connectivity index (χ3n) is 5.05. The molecule has 17 heavy (non-hydrogen) atoms. The smallest absolute Gasteiger partial charge is 0.240 e. The Kier molecular flexibility index (Phi) is 3.12. The molecular formula is C14H24N2O. The van der Waals surface area contributed by atoms with E-state index in [0.29, 0.717) is 11.9 Å². The molecule has 0 spiro atoms. The molecule has 0 aromatic rings. The van der Waals surface area contributed by atoms with E-state index in [0.717, 1.165) is 25.4 Å². The Morgan fingerprint density at radius 1 is 1.06 bits per heavy atom. The zero-order chi connectivity index (χ0) is 11.8. The van der Waals surface area contributed by atoms with Gasteiger partial charge < -0.3 is 4.90 Å². The number of carbonyl (C=O) groups is 1. The van der Waals surface area contributed by atoms with Crippen molar-refractivity contribution in [3.63, 3.8) is 0 Å². The first-order valence-electron chi connectivity index (χ1n) is 7.26. The highest BCUT2D eigenvalue weighted by molar-refractivity contribution is 5.82. The SMILES string of the molecule is CN1CCCC[C@H]1C(=O)N1CC2CCC1CC2. The molecule has 3 nitrogen and oxygen atoms in total. The number of carbonyl (C=O) groups excluding carboxylic acids is 1. The van der Waals surface area contributed by atoms with Crippen molar-refractivity contribution in [3.05, 3.63) is 0 Å². The summed E-state index contributed by atoms with van der Waals surface area (Å²) in [4.78, 5) is 17.1. The van der Waals surface area contributed by atoms with Crippen LogP contribution in [0.2, 0.25) is 0 Å². The fourth-order valence-electron chi connectivity index (χ4n) is 3.91. The summed E-state index contributed by atoms with van der Waals surface area (Å²) in [5.41, 5.74) is 0. The summed E-state index contributed by atoms with van der Waals surface area (Å²) in [7, 11) is 2.12. The van der Waals surface area contributed by atoms with E-state index in [1.807, 2.05) is 0 Å². The number of nitrogens with zero attached hydrogens (tertiary/aromatic N) is 2. The summed E-state index contributed by atoms with van der Waals surface area (Å²) in [6.07, 6.45) is 8.78. The van der Waals surface area contributed by atoms with Gasteiger partial charge in [-0.2, -0.15) is 0 Å². The molecule has 4 fully saturated rings. The second-order valence-corrected chi connectivity index (χ2v) is 6.16. The van der Waals surface area contributed by atoms with Crippen molar-refractivity contribution < 1.29 is 4.79 Å². The molecule has 2 bridgehead atoms. The van der Waals surface area contributed by atoms with Gasteiger partial charge in [0, 0.05) is 12.6 Å². The van der Waals surface area contributed by atoms with Gasteiger partial charge in [-0.05, 0) is 58.0 Å². The van der Waals surface area contributed by atoms with E-state index in [9.17, 15) is 4.79 Å². The lowest BCUT2D eigenvalue weighted by atomic mass is 9.79. The summed E-state index contributed by atoms with van der Waals surface area (Å²) >= 11 is 0. The molecule has 3 saturated heterocycles. The van der Waals surface area contributed by atoms with E-state index in [4.69, 9.17) is 0 Å². The maximum atomic E-state index is 12.6. The molecule has 3 heteroatoms. The normalized spacial score (nSPS) is 38.4. The molecule has 0 N–H and O–H groups in total. The van der Waals surface area contributed by atoms with Gasteiger partial charge in [0.1, 0.15) is 0 Å². The molecule has 4 aliphatic rings. The van der Waals surface area contributed by atoms with Crippen LogP contribution in [0.15, 0.2) is 0 Å². The van der Waals surface area contributed by atoms with Gasteiger partial charge in [0.25, 0.3) is 0 Å². The van der Waals surface area contributed by atoms with E-state index < -0.39 is 0 Å². The minimum Gasteiger partial charge on any atom is -0.338 e. The summed E-state index contributed by atoms with van der Waals surface area (Å²) in [6, 6.07) is 0.755. The Hall–Kier alpha value is -0.570. The van der Waals surface area contributed by atoms with E-state index in [1.165, 1.54) is 38.5 Å². The van der Waals surface area contributed by atoms with E-state index in [1.54, 1.807) is 0 Å². The van der Waals surface area contributed by atoms with Crippen molar-refractivity contribution in [1.82, 2.24) is 9.80 Å². The molecule has 3 aliphatic heterocycles. The van der Waals surface area contributed by atoms with Crippen molar-refractivity contribution in [3.8, 4) is 0 Å². The topological polar surface area (TPSA) is 23.6 Å². The van der Waals surface area contributed by atoms with Crippen LogP contribution in [-0.4, -0.2) is 47.9 Å². The minimum absolute atomic E-state index is 0.183. The summed E-state index contributed by atoms with van der Waals surface area (Å²) in [5, 5.41) is 0. The van der Waals surface area contributed by atoms with Crippen LogP contribution in [0, 0.1) is 5.92 Å². The van der Waals surface area contributed by atoms with E-state index in [-0.39, 0.29) is 6.04 Å². The molecule has 0 radical (unpaired) electrons. The first-order valence-corrected chi connectivity index (χ1v) is 7.26. The third-order valence-corrected chi connectivity index (χ3v) is 5.05. The molecule has 3 heterocycles. The van der Waals surface area contributed by atoms with Crippen molar-refractivity contribution in [2.75, 3.05) is 20.1 Å². The Labute approximate surface area is 104 Å². The number of amides is 1. The maximum absolute atomic E-state index is 12.6. The number of fused-ring (bicyclic) bond motifs is 3. The summed E-state index contributed by atoms with van der Waals surface area (Å²) in [6.45, 7) is 2.15. The molecule has 1 amide bonds. The average molecular weight is 236 g/mol. The number of likely N-dealkylation sites (tertiary alicyclic amines) is 1. The summed E-state index contributed by atoms with van der Waals surface area (Å²) in [5.74, 6) is 1.24. The molecule has 96 valence electrons. The Morgan fingerprint density at radius 2 is 1.82 bits per heavy atom. The number of rotatable bonds is 1. The van der Waals surface area contributed by atoms with Gasteiger partial charge in [0.2, 0.25) is 5.91 Å². The Morgan fingerprint density at radius 3 is 2.41 bits per heavy atom. The highest BCUT2D eigenvalue weighted by atomic mass is 16.2. The first kappa shape index (κ1) is 11.5. The van der Waals surface area contributed by atoms with Crippen LogP contribution in [0.1, 0.15) is 44.9 Å². The Balaban J connectivity index is 1.69. The van der Waals surface area contributed by atoms with Gasteiger partial charge in [0.05, 0.1) is 6.04 Å². The number of likely N-dealkylation sites (N-methyl/N-ethyl adjacent to an activating group) is 1. The number of piperidine rings is 3. The van der Waals surface area contributed by atoms with Gasteiger partial charge in [-0.3, -0.25) is 9.69 Å². The molecule has 0 unspecified atom stereocenters. The van der Waals surface area contributed by atoms with Crippen molar-refractivity contribution in [2.45, 2.75) is 57.0 Å². The molecule has 1 saturated carbocycles. The number of hydrogen-bond donors (Lipinski definition) is 0. The molecular weight excluding hydrogens is 212 g/mol. The summed E-state index contributed by atoms with van der Waals surface area (Å²) < 4.78 is 0. The largest absolute Gasteiger partial charge is 0.338 e. The average Bonchev–Trinajstić information content (AvgIpc) is 2.40. The lowest BCUT2D eigenvalue weighted by molar-refractivity contribution is -0.145. The molecule has 0 aromatic heterocycles. The van der Waals surface area contributed by atoms with Crippen molar-refractivity contribution in [1.29, 1.82) is 0 Å². The van der Waals surface area contributed by atoms with Crippen LogP contribution in [0.25, 0.3) is 0 Å². The second kappa shape index (κ2) is 4.60. The monoisotopic (exact) mass is 236 g/mol. The van der Waals surface area contributed by atoms with Gasteiger partial charge in [-0.1, -0.05) is 6.42 Å². The van der Waals surface area contributed by atoms with Crippen LogP contribution < -0.4 is 0 Å². The van der Waals surface area contributed by atoms with Crippen LogP contribution >= 0.6 is 0 Å². The molecule has 4 rings (SSSR count).